The van der Waals surface area contributed by atoms with Crippen LogP contribution in [0.5, 0.6) is 5.75 Å². The molecule has 1 aliphatic rings. The third-order valence-electron chi connectivity index (χ3n) is 4.69. The fraction of sp³-hybridized carbons (Fsp3) is 0.368. The number of carbonyl (C=O) groups excluding carboxylic acids is 1. The van der Waals surface area contributed by atoms with E-state index in [1.54, 1.807) is 13.3 Å². The summed E-state index contributed by atoms with van der Waals surface area (Å²) in [5, 5.41) is 3.34. The number of nitrogens with one attached hydrogen (secondary N) is 1. The molecule has 1 aromatic carbocycles. The van der Waals surface area contributed by atoms with Crippen molar-refractivity contribution in [2.24, 2.45) is 0 Å². The summed E-state index contributed by atoms with van der Waals surface area (Å²) in [5.74, 6) is 0.665. The van der Waals surface area contributed by atoms with E-state index >= 15 is 0 Å². The lowest BCUT2D eigenvalue weighted by Crippen LogP contribution is -2.43. The number of ether oxygens (including phenoxy) is 2. The summed E-state index contributed by atoms with van der Waals surface area (Å²) in [5.41, 5.74) is 2.35. The Bertz CT molecular complexity index is 692. The third-order valence-corrected chi connectivity index (χ3v) is 4.69. The first-order chi connectivity index (χ1) is 11.7. The second-order valence-electron chi connectivity index (χ2n) is 6.06. The van der Waals surface area contributed by atoms with Gasteiger partial charge in [0, 0.05) is 6.54 Å². The summed E-state index contributed by atoms with van der Waals surface area (Å²) >= 11 is 0. The summed E-state index contributed by atoms with van der Waals surface area (Å²) in [7, 11) is 3.09. The highest BCUT2D eigenvalue weighted by atomic mass is 16.5. The third kappa shape index (κ3) is 3.07. The number of methoxy groups -OCH3 is 2. The van der Waals surface area contributed by atoms with Gasteiger partial charge in [-0.05, 0) is 42.7 Å². The van der Waals surface area contributed by atoms with E-state index in [9.17, 15) is 4.79 Å². The first-order valence-electron chi connectivity index (χ1n) is 8.10. The monoisotopic (exact) mass is 326 g/mol. The normalized spacial score (nSPS) is 15.2. The van der Waals surface area contributed by atoms with Crippen LogP contribution >= 0.6 is 0 Å². The van der Waals surface area contributed by atoms with E-state index in [0.29, 0.717) is 6.54 Å². The Kier molecular flexibility index (Phi) is 4.69. The molecule has 5 nitrogen and oxygen atoms in total. The van der Waals surface area contributed by atoms with Crippen LogP contribution in [-0.4, -0.2) is 25.2 Å². The van der Waals surface area contributed by atoms with Crippen molar-refractivity contribution in [1.82, 2.24) is 4.98 Å². The molecule has 2 aromatic rings. The minimum Gasteiger partial charge on any atom is -0.497 e. The van der Waals surface area contributed by atoms with Gasteiger partial charge in [-0.2, -0.15) is 0 Å². The summed E-state index contributed by atoms with van der Waals surface area (Å²) in [4.78, 5) is 16.6. The van der Waals surface area contributed by atoms with Crippen molar-refractivity contribution in [2.45, 2.75) is 31.2 Å². The largest absolute Gasteiger partial charge is 0.497 e. The van der Waals surface area contributed by atoms with Crippen molar-refractivity contribution in [2.75, 3.05) is 19.5 Å². The van der Waals surface area contributed by atoms with E-state index in [4.69, 9.17) is 9.47 Å². The van der Waals surface area contributed by atoms with Gasteiger partial charge in [0.15, 0.2) is 0 Å². The summed E-state index contributed by atoms with van der Waals surface area (Å²) in [6.07, 6.45) is 4.44. The Balaban J connectivity index is 1.65. The molecular weight excluding hydrogens is 304 g/mol. The lowest BCUT2D eigenvalue weighted by molar-refractivity contribution is -0.151. The van der Waals surface area contributed by atoms with Crippen LogP contribution in [0.3, 0.4) is 0 Å². The molecule has 1 saturated carbocycles. The van der Waals surface area contributed by atoms with Crippen LogP contribution in [0.4, 0.5) is 5.69 Å². The first kappa shape index (κ1) is 16.3. The Labute approximate surface area is 142 Å². The Hall–Kier alpha value is -2.56. The van der Waals surface area contributed by atoms with Crippen molar-refractivity contribution in [3.05, 3.63) is 53.9 Å². The van der Waals surface area contributed by atoms with E-state index < -0.39 is 5.41 Å². The van der Waals surface area contributed by atoms with Crippen LogP contribution in [0.2, 0.25) is 0 Å². The zero-order valence-electron chi connectivity index (χ0n) is 14.0. The number of benzene rings is 1. The number of pyridine rings is 1. The van der Waals surface area contributed by atoms with E-state index in [2.05, 4.69) is 10.3 Å². The molecule has 1 aliphatic carbocycles. The van der Waals surface area contributed by atoms with Crippen LogP contribution in [-0.2, 0) is 21.5 Å². The van der Waals surface area contributed by atoms with Crippen LogP contribution in [0.25, 0.3) is 0 Å². The number of hydrogen-bond donors (Lipinski definition) is 1. The summed E-state index contributed by atoms with van der Waals surface area (Å²) in [6, 6.07) is 11.8. The molecule has 1 fully saturated rings. The summed E-state index contributed by atoms with van der Waals surface area (Å²) < 4.78 is 10.1. The van der Waals surface area contributed by atoms with E-state index in [0.717, 1.165) is 42.0 Å². The number of carbonyl (C=O) groups is 1. The molecule has 0 spiro atoms. The van der Waals surface area contributed by atoms with Crippen LogP contribution < -0.4 is 10.1 Å². The topological polar surface area (TPSA) is 60.5 Å². The Morgan fingerprint density at radius 2 is 1.92 bits per heavy atom. The molecule has 0 atom stereocenters. The highest BCUT2D eigenvalue weighted by molar-refractivity contribution is 5.83. The molecule has 0 unspecified atom stereocenters. The number of hydrogen-bond acceptors (Lipinski definition) is 5. The molecule has 1 aromatic heterocycles. The highest BCUT2D eigenvalue weighted by Crippen LogP contribution is 2.43. The van der Waals surface area contributed by atoms with E-state index in [1.165, 1.54) is 7.11 Å². The van der Waals surface area contributed by atoms with Gasteiger partial charge in [-0.3, -0.25) is 9.78 Å². The fourth-order valence-corrected chi connectivity index (χ4v) is 3.02. The molecule has 0 bridgehead atoms. The second kappa shape index (κ2) is 6.91. The molecule has 1 heterocycles. The van der Waals surface area contributed by atoms with Gasteiger partial charge in [-0.1, -0.05) is 18.6 Å². The molecule has 0 amide bonds. The second-order valence-corrected chi connectivity index (χ2v) is 6.06. The number of esters is 1. The zero-order valence-corrected chi connectivity index (χ0v) is 14.0. The number of nitrogens with zero attached hydrogens (tertiary/aromatic N) is 1. The van der Waals surface area contributed by atoms with Gasteiger partial charge < -0.3 is 14.8 Å². The fourth-order valence-electron chi connectivity index (χ4n) is 3.02. The lowest BCUT2D eigenvalue weighted by atomic mass is 9.66. The molecule has 5 heteroatoms. The first-order valence-corrected chi connectivity index (χ1v) is 8.10. The number of rotatable bonds is 6. The molecule has 24 heavy (non-hydrogen) atoms. The van der Waals surface area contributed by atoms with Crippen molar-refractivity contribution < 1.29 is 14.3 Å². The molecule has 0 radical (unpaired) electrons. The molecule has 0 saturated heterocycles. The number of aromatic nitrogens is 1. The van der Waals surface area contributed by atoms with Crippen molar-refractivity contribution in [3.8, 4) is 5.75 Å². The Morgan fingerprint density at radius 1 is 1.17 bits per heavy atom. The predicted octanol–water partition coefficient (Wildman–Crippen LogP) is 3.30. The average Bonchev–Trinajstić information content (AvgIpc) is 2.60. The lowest BCUT2D eigenvalue weighted by Gasteiger charge is -2.38. The van der Waals surface area contributed by atoms with Gasteiger partial charge in [-0.15, -0.1) is 0 Å². The van der Waals surface area contributed by atoms with E-state index in [-0.39, 0.29) is 5.97 Å². The zero-order chi connectivity index (χ0) is 17.0. The van der Waals surface area contributed by atoms with Crippen molar-refractivity contribution in [1.29, 1.82) is 0 Å². The SMILES string of the molecule is COC(=O)C1(c2ccc(NCc3ccc(OC)cc3)cn2)CCC1. The van der Waals surface area contributed by atoms with Gasteiger partial charge in [-0.25, -0.2) is 0 Å². The van der Waals surface area contributed by atoms with Crippen molar-refractivity contribution in [3.63, 3.8) is 0 Å². The maximum Gasteiger partial charge on any atom is 0.317 e. The van der Waals surface area contributed by atoms with Gasteiger partial charge in [0.05, 0.1) is 31.8 Å². The minimum absolute atomic E-state index is 0.180. The molecule has 3 rings (SSSR count). The molecule has 0 aliphatic heterocycles. The maximum atomic E-state index is 12.1. The van der Waals surface area contributed by atoms with Gasteiger partial charge >= 0.3 is 5.97 Å². The van der Waals surface area contributed by atoms with Crippen LogP contribution in [0.1, 0.15) is 30.5 Å². The van der Waals surface area contributed by atoms with E-state index in [1.807, 2.05) is 36.4 Å². The number of anilines is 1. The molecular formula is C19H22N2O3. The summed E-state index contributed by atoms with van der Waals surface area (Å²) in [6.45, 7) is 0.702. The standard InChI is InChI=1S/C19H22N2O3/c1-23-16-7-4-14(5-8-16)12-20-15-6-9-17(21-13-15)19(10-3-11-19)18(22)24-2/h4-9,13,20H,3,10-12H2,1-2H3. The quantitative estimate of drug-likeness (QED) is 0.825. The average molecular weight is 326 g/mol. The minimum atomic E-state index is -0.538. The highest BCUT2D eigenvalue weighted by Gasteiger charge is 2.48. The molecule has 1 N–H and O–H groups in total. The van der Waals surface area contributed by atoms with Crippen molar-refractivity contribution >= 4 is 11.7 Å². The Morgan fingerprint density at radius 3 is 2.42 bits per heavy atom. The van der Waals surface area contributed by atoms with Crippen LogP contribution in [0.15, 0.2) is 42.6 Å². The predicted molar refractivity (Wildman–Crippen MR) is 92.1 cm³/mol. The smallest absolute Gasteiger partial charge is 0.317 e. The van der Waals surface area contributed by atoms with Gasteiger partial charge in [0.25, 0.3) is 0 Å². The molecule has 126 valence electrons. The maximum absolute atomic E-state index is 12.1. The van der Waals surface area contributed by atoms with Gasteiger partial charge in [0.1, 0.15) is 11.2 Å². The van der Waals surface area contributed by atoms with Crippen LogP contribution in [0, 0.1) is 0 Å². The van der Waals surface area contributed by atoms with Gasteiger partial charge in [0.2, 0.25) is 0 Å².